The zero-order valence-electron chi connectivity index (χ0n) is 20.7. The number of nitrogens with two attached hydrogens (primary N) is 1. The molecule has 0 radical (unpaired) electrons. The predicted molar refractivity (Wildman–Crippen MR) is 145 cm³/mol. The van der Waals surface area contributed by atoms with Crippen LogP contribution in [0.15, 0.2) is 72.8 Å². The second kappa shape index (κ2) is 12.9. The molecule has 0 atom stereocenters. The number of nitrogens with one attached hydrogen (secondary N) is 1. The summed E-state index contributed by atoms with van der Waals surface area (Å²) < 4.78 is 5.89. The molecule has 1 aliphatic rings. The monoisotopic (exact) mass is 485 g/mol. The maximum atomic E-state index is 13.3. The fourth-order valence-corrected chi connectivity index (χ4v) is 4.51. The van der Waals surface area contributed by atoms with E-state index in [4.69, 9.17) is 10.5 Å². The zero-order valence-corrected chi connectivity index (χ0v) is 20.7. The molecule has 0 saturated heterocycles. The highest BCUT2D eigenvalue weighted by Crippen LogP contribution is 2.28. The van der Waals surface area contributed by atoms with E-state index in [1.165, 1.54) is 5.56 Å². The first kappa shape index (κ1) is 25.5. The Balaban J connectivity index is 1.38. The van der Waals surface area contributed by atoms with Gasteiger partial charge in [-0.2, -0.15) is 0 Å². The summed E-state index contributed by atoms with van der Waals surface area (Å²) in [6.07, 6.45) is 7.13. The second-order valence-electron chi connectivity index (χ2n) is 9.12. The van der Waals surface area contributed by atoms with E-state index in [1.54, 1.807) is 30.3 Å². The maximum Gasteiger partial charge on any atom is 0.259 e. The molecule has 3 aromatic rings. The summed E-state index contributed by atoms with van der Waals surface area (Å²) >= 11 is 0. The summed E-state index contributed by atoms with van der Waals surface area (Å²) in [6.45, 7) is 1.98. The molecular formula is C30H35N3O3. The largest absolute Gasteiger partial charge is 0.493 e. The van der Waals surface area contributed by atoms with Crippen LogP contribution in [0.2, 0.25) is 0 Å². The number of fused-ring (bicyclic) bond motifs is 1. The van der Waals surface area contributed by atoms with Gasteiger partial charge in [-0.3, -0.25) is 9.59 Å². The molecule has 0 fully saturated rings. The molecule has 1 heterocycles. The first-order chi connectivity index (χ1) is 17.7. The van der Waals surface area contributed by atoms with Crippen LogP contribution in [0.4, 0.5) is 11.4 Å². The number of hydrogen-bond acceptors (Lipinski definition) is 4. The number of carbonyl (C=O) groups is 2. The van der Waals surface area contributed by atoms with Crippen molar-refractivity contribution in [2.45, 2.75) is 44.9 Å². The third-order valence-corrected chi connectivity index (χ3v) is 6.48. The van der Waals surface area contributed by atoms with E-state index in [-0.39, 0.29) is 11.8 Å². The number of para-hydroxylation sites is 2. The lowest BCUT2D eigenvalue weighted by atomic mass is 10.1. The van der Waals surface area contributed by atoms with Gasteiger partial charge in [0, 0.05) is 23.5 Å². The number of anilines is 2. The minimum atomic E-state index is -0.241. The quantitative estimate of drug-likeness (QED) is 0.354. The van der Waals surface area contributed by atoms with Gasteiger partial charge in [0.05, 0.1) is 12.2 Å². The number of aryl methyl sites for hydroxylation is 1. The molecule has 6 nitrogen and oxygen atoms in total. The molecule has 0 saturated carbocycles. The van der Waals surface area contributed by atoms with Crippen molar-refractivity contribution in [1.82, 2.24) is 0 Å². The first-order valence-electron chi connectivity index (χ1n) is 12.9. The topological polar surface area (TPSA) is 84.7 Å². The number of amides is 2. The van der Waals surface area contributed by atoms with Crippen molar-refractivity contribution in [3.8, 4) is 5.75 Å². The highest BCUT2D eigenvalue weighted by molar-refractivity contribution is 6.08. The molecule has 1 aliphatic heterocycles. The molecule has 36 heavy (non-hydrogen) atoms. The summed E-state index contributed by atoms with van der Waals surface area (Å²) in [5.41, 5.74) is 9.46. The smallest absolute Gasteiger partial charge is 0.259 e. The number of rotatable bonds is 10. The number of unbranched alkanes of at least 4 members (excludes halogenated alkanes) is 3. The van der Waals surface area contributed by atoms with Gasteiger partial charge in [0.2, 0.25) is 0 Å². The molecule has 0 bridgehead atoms. The van der Waals surface area contributed by atoms with E-state index in [9.17, 15) is 9.59 Å². The van der Waals surface area contributed by atoms with E-state index >= 15 is 0 Å². The molecule has 0 unspecified atom stereocenters. The van der Waals surface area contributed by atoms with Gasteiger partial charge in [-0.15, -0.1) is 0 Å². The van der Waals surface area contributed by atoms with Crippen LogP contribution in [-0.2, 0) is 6.42 Å². The summed E-state index contributed by atoms with van der Waals surface area (Å²) in [5.74, 6) is 0.308. The lowest BCUT2D eigenvalue weighted by Gasteiger charge is -2.23. The Bertz CT molecular complexity index is 1160. The Hall–Kier alpha value is -3.64. The van der Waals surface area contributed by atoms with E-state index in [0.717, 1.165) is 50.6 Å². The number of ether oxygens (including phenoxy) is 1. The molecule has 0 spiro atoms. The molecule has 4 rings (SSSR count). The van der Waals surface area contributed by atoms with Crippen LogP contribution in [-0.4, -0.2) is 31.5 Å². The highest BCUT2D eigenvalue weighted by Gasteiger charge is 2.22. The van der Waals surface area contributed by atoms with E-state index in [0.29, 0.717) is 42.3 Å². The predicted octanol–water partition coefficient (Wildman–Crippen LogP) is 5.82. The van der Waals surface area contributed by atoms with E-state index in [1.807, 2.05) is 41.3 Å². The summed E-state index contributed by atoms with van der Waals surface area (Å²) in [5, 5.41) is 2.93. The standard InChI is InChI=1S/C30H35N3O3/c31-20-8-1-2-10-22-36-28-15-6-4-13-26(28)29(34)32-25-18-16-24(17-19-25)30(35)33-21-9-7-12-23-11-3-5-14-27(23)33/h3-6,11,13-19H,1-2,7-10,12,20-22,31H2,(H,32,34). The Morgan fingerprint density at radius 2 is 1.61 bits per heavy atom. The molecule has 188 valence electrons. The van der Waals surface area contributed by atoms with Crippen molar-refractivity contribution >= 4 is 23.2 Å². The van der Waals surface area contributed by atoms with Crippen molar-refractivity contribution in [2.24, 2.45) is 5.73 Å². The van der Waals surface area contributed by atoms with Gasteiger partial charge in [0.15, 0.2) is 0 Å². The Labute approximate surface area is 213 Å². The van der Waals surface area contributed by atoms with Crippen molar-refractivity contribution in [3.05, 3.63) is 89.5 Å². The minimum absolute atomic E-state index is 0.0209. The van der Waals surface area contributed by atoms with Gasteiger partial charge in [0.25, 0.3) is 11.8 Å². The molecule has 6 heteroatoms. The SMILES string of the molecule is NCCCCCCOc1ccccc1C(=O)Nc1ccc(C(=O)N2CCCCc3ccccc32)cc1. The zero-order chi connectivity index (χ0) is 25.2. The average molecular weight is 486 g/mol. The highest BCUT2D eigenvalue weighted by atomic mass is 16.5. The van der Waals surface area contributed by atoms with Gasteiger partial charge in [-0.05, 0) is 86.7 Å². The number of carbonyl (C=O) groups excluding carboxylic acids is 2. The summed E-state index contributed by atoms with van der Waals surface area (Å²) in [4.78, 5) is 28.2. The fourth-order valence-electron chi connectivity index (χ4n) is 4.51. The van der Waals surface area contributed by atoms with Crippen molar-refractivity contribution in [1.29, 1.82) is 0 Å². The summed E-state index contributed by atoms with van der Waals surface area (Å²) in [6, 6.07) is 22.5. The van der Waals surface area contributed by atoms with Crippen molar-refractivity contribution in [2.75, 3.05) is 29.9 Å². The van der Waals surface area contributed by atoms with E-state index < -0.39 is 0 Å². The van der Waals surface area contributed by atoms with Crippen LogP contribution >= 0.6 is 0 Å². The average Bonchev–Trinajstić information content (AvgIpc) is 3.13. The third kappa shape index (κ3) is 6.52. The van der Waals surface area contributed by atoms with Crippen LogP contribution in [0.5, 0.6) is 5.75 Å². The van der Waals surface area contributed by atoms with Crippen LogP contribution in [0.25, 0.3) is 0 Å². The van der Waals surface area contributed by atoms with Crippen LogP contribution < -0.4 is 20.7 Å². The number of benzene rings is 3. The van der Waals surface area contributed by atoms with Gasteiger partial charge in [-0.1, -0.05) is 43.2 Å². The molecule has 0 aromatic heterocycles. The molecule has 2 amide bonds. The van der Waals surface area contributed by atoms with E-state index in [2.05, 4.69) is 11.4 Å². The lowest BCUT2D eigenvalue weighted by Crippen LogP contribution is -2.31. The second-order valence-corrected chi connectivity index (χ2v) is 9.12. The van der Waals surface area contributed by atoms with Crippen LogP contribution in [0, 0.1) is 0 Å². The molecule has 0 aliphatic carbocycles. The first-order valence-corrected chi connectivity index (χ1v) is 12.9. The van der Waals surface area contributed by atoms with Crippen molar-refractivity contribution in [3.63, 3.8) is 0 Å². The minimum Gasteiger partial charge on any atom is -0.493 e. The Kier molecular flexibility index (Phi) is 9.11. The van der Waals surface area contributed by atoms with Crippen molar-refractivity contribution < 1.29 is 14.3 Å². The molecule has 3 aromatic carbocycles. The lowest BCUT2D eigenvalue weighted by molar-refractivity contribution is 0.0985. The van der Waals surface area contributed by atoms with Gasteiger partial charge < -0.3 is 20.7 Å². The maximum absolute atomic E-state index is 13.3. The molecular weight excluding hydrogens is 450 g/mol. The Morgan fingerprint density at radius 3 is 2.44 bits per heavy atom. The number of hydrogen-bond donors (Lipinski definition) is 2. The third-order valence-electron chi connectivity index (χ3n) is 6.48. The Morgan fingerprint density at radius 1 is 0.861 bits per heavy atom. The number of nitrogens with zero attached hydrogens (tertiary/aromatic N) is 1. The van der Waals surface area contributed by atoms with Gasteiger partial charge >= 0.3 is 0 Å². The van der Waals surface area contributed by atoms with Gasteiger partial charge in [-0.25, -0.2) is 0 Å². The van der Waals surface area contributed by atoms with Gasteiger partial charge in [0.1, 0.15) is 5.75 Å². The van der Waals surface area contributed by atoms with Crippen LogP contribution in [0.3, 0.4) is 0 Å². The normalized spacial score (nSPS) is 13.0. The van der Waals surface area contributed by atoms with Crippen LogP contribution in [0.1, 0.15) is 64.8 Å². The fraction of sp³-hybridized carbons (Fsp3) is 0.333. The summed E-state index contributed by atoms with van der Waals surface area (Å²) in [7, 11) is 0. The molecule has 3 N–H and O–H groups in total.